The average molecular weight is 685 g/mol. The molecule has 0 atom stereocenters. The Labute approximate surface area is 242 Å². The molecular formula is C25H36Br2N6O3Si2. The highest BCUT2D eigenvalue weighted by molar-refractivity contribution is 9.10. The van der Waals surface area contributed by atoms with Crippen molar-refractivity contribution in [2.75, 3.05) is 13.2 Å². The van der Waals surface area contributed by atoms with Crippen LogP contribution in [0.1, 0.15) is 10.4 Å². The van der Waals surface area contributed by atoms with E-state index >= 15 is 0 Å². The number of halogens is 2. The minimum atomic E-state index is -1.08. The van der Waals surface area contributed by atoms with Gasteiger partial charge in [0.2, 0.25) is 0 Å². The number of aldehydes is 1. The van der Waals surface area contributed by atoms with Crippen molar-refractivity contribution < 1.29 is 14.3 Å². The van der Waals surface area contributed by atoms with Gasteiger partial charge in [0.1, 0.15) is 33.7 Å². The molecule has 0 aliphatic rings. The first-order valence-corrected chi connectivity index (χ1v) is 21.5. The Kier molecular flexibility index (Phi) is 11.0. The van der Waals surface area contributed by atoms with Crippen LogP contribution in [0.5, 0.6) is 0 Å². The first kappa shape index (κ1) is 30.8. The number of carbonyl (C=O) groups excluding carboxylic acids is 1. The standard InChI is InChI=1S/C13H18BrN3O2Si.C12H18BrN3OSi/c1-20(2,3)5-4-19-9-17-7-10(8-18)12-13(17)15-6-11(14)16-12;1-18(2,3)7-6-17-9-16-5-4-10-12(16)14-8-11(13)15-10/h6-8H,4-5,9H2,1-3H3;4-5,8H,6-7,9H2,1-3H3. The van der Waals surface area contributed by atoms with Crippen LogP contribution in [0.25, 0.3) is 22.3 Å². The smallest absolute Gasteiger partial charge is 0.161 e. The SMILES string of the molecule is C[Si](C)(C)CCOCn1cc(C=O)c2nc(Br)cnc21.C[Si](C)(C)CCOCn1ccc2nc(Br)cnc21. The predicted octanol–water partition coefficient (Wildman–Crippen LogP) is 6.82. The van der Waals surface area contributed by atoms with Crippen molar-refractivity contribution >= 4 is 76.6 Å². The average Bonchev–Trinajstić information content (AvgIpc) is 3.39. The summed E-state index contributed by atoms with van der Waals surface area (Å²) in [6, 6.07) is 4.25. The third kappa shape index (κ3) is 9.45. The van der Waals surface area contributed by atoms with E-state index in [0.717, 1.165) is 41.3 Å². The summed E-state index contributed by atoms with van der Waals surface area (Å²) in [6.07, 6.45) is 7.82. The van der Waals surface area contributed by atoms with Gasteiger partial charge in [-0.2, -0.15) is 0 Å². The van der Waals surface area contributed by atoms with E-state index in [-0.39, 0.29) is 0 Å². The van der Waals surface area contributed by atoms with Gasteiger partial charge in [-0.15, -0.1) is 0 Å². The van der Waals surface area contributed by atoms with E-state index in [1.807, 2.05) is 21.4 Å². The first-order valence-electron chi connectivity index (χ1n) is 12.5. The van der Waals surface area contributed by atoms with Crippen LogP contribution < -0.4 is 0 Å². The molecule has 0 unspecified atom stereocenters. The van der Waals surface area contributed by atoms with Crippen LogP contribution >= 0.6 is 31.9 Å². The second-order valence-electron chi connectivity index (χ2n) is 11.4. The summed E-state index contributed by atoms with van der Waals surface area (Å²) < 4.78 is 16.6. The first-order chi connectivity index (χ1) is 17.9. The molecule has 0 spiro atoms. The summed E-state index contributed by atoms with van der Waals surface area (Å²) in [5.41, 5.74) is 3.55. The second-order valence-corrected chi connectivity index (χ2v) is 24.3. The van der Waals surface area contributed by atoms with Gasteiger partial charge < -0.3 is 18.6 Å². The van der Waals surface area contributed by atoms with Gasteiger partial charge in [-0.05, 0) is 50.0 Å². The Hall–Kier alpha value is -1.78. The Balaban J connectivity index is 0.000000212. The Morgan fingerprint density at radius 1 is 0.842 bits per heavy atom. The normalized spacial score (nSPS) is 12.1. The van der Waals surface area contributed by atoms with Gasteiger partial charge >= 0.3 is 0 Å². The van der Waals surface area contributed by atoms with E-state index in [9.17, 15) is 4.79 Å². The van der Waals surface area contributed by atoms with E-state index in [0.29, 0.717) is 34.8 Å². The molecule has 38 heavy (non-hydrogen) atoms. The number of rotatable bonds is 11. The Morgan fingerprint density at radius 3 is 1.97 bits per heavy atom. The van der Waals surface area contributed by atoms with Gasteiger partial charge in [-0.3, -0.25) is 4.79 Å². The number of hydrogen-bond donors (Lipinski definition) is 0. The fourth-order valence-corrected chi connectivity index (χ4v) is 5.45. The van der Waals surface area contributed by atoms with Gasteiger partial charge in [0.15, 0.2) is 17.6 Å². The Bertz CT molecular complexity index is 1370. The molecule has 0 aliphatic carbocycles. The maximum Gasteiger partial charge on any atom is 0.161 e. The van der Waals surface area contributed by atoms with Gasteiger partial charge in [0.05, 0.1) is 18.0 Å². The predicted molar refractivity (Wildman–Crippen MR) is 164 cm³/mol. The molecule has 0 bridgehead atoms. The van der Waals surface area contributed by atoms with Gasteiger partial charge in [0.25, 0.3) is 0 Å². The molecule has 0 radical (unpaired) electrons. The zero-order valence-electron chi connectivity index (χ0n) is 22.9. The van der Waals surface area contributed by atoms with E-state index in [4.69, 9.17) is 9.47 Å². The van der Waals surface area contributed by atoms with Crippen LogP contribution in [0.4, 0.5) is 0 Å². The molecule has 0 amide bonds. The lowest BCUT2D eigenvalue weighted by molar-refractivity contribution is 0.0896. The minimum Gasteiger partial charge on any atom is -0.361 e. The highest BCUT2D eigenvalue weighted by Gasteiger charge is 2.14. The fraction of sp³-hybridized carbons (Fsp3) is 0.480. The fourth-order valence-electron chi connectivity index (χ4n) is 3.37. The van der Waals surface area contributed by atoms with Crippen molar-refractivity contribution in [3.8, 4) is 0 Å². The van der Waals surface area contributed by atoms with Crippen molar-refractivity contribution in [1.82, 2.24) is 29.1 Å². The molecule has 0 saturated heterocycles. The molecule has 4 heterocycles. The number of ether oxygens (including phenoxy) is 2. The van der Waals surface area contributed by atoms with E-state index in [1.165, 1.54) is 6.04 Å². The topological polar surface area (TPSA) is 97.0 Å². The molecule has 206 valence electrons. The number of carbonyl (C=O) groups is 1. The lowest BCUT2D eigenvalue weighted by Gasteiger charge is -2.15. The van der Waals surface area contributed by atoms with Crippen LogP contribution in [0, 0.1) is 0 Å². The molecule has 4 rings (SSSR count). The van der Waals surface area contributed by atoms with Crippen molar-refractivity contribution in [2.45, 2.75) is 64.8 Å². The molecule has 0 aliphatic heterocycles. The number of nitrogens with zero attached hydrogens (tertiary/aromatic N) is 6. The molecule has 0 N–H and O–H groups in total. The molecule has 9 nitrogen and oxygen atoms in total. The molecular weight excluding hydrogens is 648 g/mol. The third-order valence-electron chi connectivity index (χ3n) is 5.58. The van der Waals surface area contributed by atoms with E-state index in [1.54, 1.807) is 18.6 Å². The van der Waals surface area contributed by atoms with Crippen molar-refractivity contribution in [1.29, 1.82) is 0 Å². The van der Waals surface area contributed by atoms with Gasteiger partial charge in [-0.25, -0.2) is 19.9 Å². The van der Waals surface area contributed by atoms with Crippen LogP contribution in [0.3, 0.4) is 0 Å². The summed E-state index contributed by atoms with van der Waals surface area (Å²) in [6.45, 7) is 16.5. The van der Waals surface area contributed by atoms with Crippen LogP contribution in [0.15, 0.2) is 40.1 Å². The summed E-state index contributed by atoms with van der Waals surface area (Å²) in [7, 11) is -2.09. The summed E-state index contributed by atoms with van der Waals surface area (Å²) in [4.78, 5) is 28.4. The maximum atomic E-state index is 11.1. The summed E-state index contributed by atoms with van der Waals surface area (Å²) >= 11 is 6.58. The molecule has 13 heteroatoms. The van der Waals surface area contributed by atoms with Crippen LogP contribution in [-0.4, -0.2) is 64.7 Å². The molecule has 0 fully saturated rings. The van der Waals surface area contributed by atoms with Gasteiger partial charge in [0, 0.05) is 41.8 Å². The van der Waals surface area contributed by atoms with Crippen molar-refractivity contribution in [3.05, 3.63) is 45.6 Å². The highest BCUT2D eigenvalue weighted by atomic mass is 79.9. The van der Waals surface area contributed by atoms with Crippen molar-refractivity contribution in [2.24, 2.45) is 0 Å². The van der Waals surface area contributed by atoms with E-state index in [2.05, 4.69) is 91.1 Å². The number of fused-ring (bicyclic) bond motifs is 2. The maximum absolute atomic E-state index is 11.1. The highest BCUT2D eigenvalue weighted by Crippen LogP contribution is 2.19. The monoisotopic (exact) mass is 682 g/mol. The second kappa shape index (κ2) is 13.5. The number of hydrogen-bond acceptors (Lipinski definition) is 7. The zero-order chi connectivity index (χ0) is 27.9. The Morgan fingerprint density at radius 2 is 1.39 bits per heavy atom. The molecule has 0 aromatic carbocycles. The summed E-state index contributed by atoms with van der Waals surface area (Å²) in [5, 5.41) is 0. The van der Waals surface area contributed by atoms with Crippen LogP contribution in [0.2, 0.25) is 51.4 Å². The third-order valence-corrected chi connectivity index (χ3v) is 9.75. The lowest BCUT2D eigenvalue weighted by Crippen LogP contribution is -2.22. The van der Waals surface area contributed by atoms with Crippen molar-refractivity contribution in [3.63, 3.8) is 0 Å². The molecule has 4 aromatic heterocycles. The summed E-state index contributed by atoms with van der Waals surface area (Å²) in [5.74, 6) is 0. The zero-order valence-corrected chi connectivity index (χ0v) is 28.0. The van der Waals surface area contributed by atoms with E-state index < -0.39 is 16.1 Å². The molecule has 0 saturated carbocycles. The molecule has 4 aromatic rings. The lowest BCUT2D eigenvalue weighted by atomic mass is 10.3. The minimum absolute atomic E-state index is 0.394. The van der Waals surface area contributed by atoms with Crippen LogP contribution in [-0.2, 0) is 22.9 Å². The van der Waals surface area contributed by atoms with Gasteiger partial charge in [-0.1, -0.05) is 39.3 Å². The number of aromatic nitrogens is 6. The quantitative estimate of drug-likeness (QED) is 0.0972. The largest absolute Gasteiger partial charge is 0.361 e.